The maximum atomic E-state index is 11.4. The number of amides is 3. The summed E-state index contributed by atoms with van der Waals surface area (Å²) in [6, 6.07) is -0.459. The Labute approximate surface area is 110 Å². The molecule has 0 aromatic carbocycles. The smallest absolute Gasteiger partial charge is 0.321 e. The van der Waals surface area contributed by atoms with Gasteiger partial charge in [-0.3, -0.25) is 15.2 Å². The Balaban J connectivity index is 2.13. The van der Waals surface area contributed by atoms with Crippen LogP contribution in [0.2, 0.25) is 0 Å². The van der Waals surface area contributed by atoms with Crippen LogP contribution in [0.15, 0.2) is 11.5 Å². The summed E-state index contributed by atoms with van der Waals surface area (Å²) in [5.41, 5.74) is 0. The van der Waals surface area contributed by atoms with Gasteiger partial charge in [-0.1, -0.05) is 25.6 Å². The molecule has 100 valence electrons. The van der Waals surface area contributed by atoms with Crippen molar-refractivity contribution in [2.75, 3.05) is 12.3 Å². The van der Waals surface area contributed by atoms with Gasteiger partial charge in [0.2, 0.25) is 5.91 Å². The molecule has 3 amide bonds. The molecule has 0 radical (unpaired) electrons. The molecule has 1 aromatic heterocycles. The minimum Gasteiger partial charge on any atom is -0.338 e. The summed E-state index contributed by atoms with van der Waals surface area (Å²) in [7, 11) is 0. The maximum absolute atomic E-state index is 11.4. The van der Waals surface area contributed by atoms with Crippen molar-refractivity contribution in [1.82, 2.24) is 25.8 Å². The number of aromatic amines is 1. The van der Waals surface area contributed by atoms with Gasteiger partial charge in [0.15, 0.2) is 5.16 Å². The highest BCUT2D eigenvalue weighted by atomic mass is 32.2. The molecule has 0 aliphatic carbocycles. The third kappa shape index (κ3) is 6.24. The fourth-order valence-corrected chi connectivity index (χ4v) is 1.66. The van der Waals surface area contributed by atoms with Crippen LogP contribution in [0, 0.1) is 5.92 Å². The van der Waals surface area contributed by atoms with E-state index in [2.05, 4.69) is 39.7 Å². The number of thioether (sulfide) groups is 1. The molecule has 18 heavy (non-hydrogen) atoms. The lowest BCUT2D eigenvalue weighted by molar-refractivity contribution is -0.117. The van der Waals surface area contributed by atoms with Crippen LogP contribution in [0.4, 0.5) is 4.79 Å². The van der Waals surface area contributed by atoms with Gasteiger partial charge in [-0.15, -0.1) is 0 Å². The molecule has 8 heteroatoms. The van der Waals surface area contributed by atoms with E-state index in [1.807, 2.05) is 0 Å². The number of aromatic nitrogens is 3. The van der Waals surface area contributed by atoms with Crippen molar-refractivity contribution in [2.45, 2.75) is 25.4 Å². The van der Waals surface area contributed by atoms with Crippen molar-refractivity contribution >= 4 is 23.7 Å². The molecular weight excluding hydrogens is 254 g/mol. The third-order valence-electron chi connectivity index (χ3n) is 1.99. The third-order valence-corrected chi connectivity index (χ3v) is 2.87. The molecule has 0 fully saturated rings. The van der Waals surface area contributed by atoms with E-state index in [9.17, 15) is 9.59 Å². The van der Waals surface area contributed by atoms with Crippen molar-refractivity contribution in [1.29, 1.82) is 0 Å². The number of hydrogen-bond donors (Lipinski definition) is 3. The Morgan fingerprint density at radius 1 is 1.50 bits per heavy atom. The van der Waals surface area contributed by atoms with Crippen LogP contribution in [0.5, 0.6) is 0 Å². The second-order valence-corrected chi connectivity index (χ2v) is 5.03. The number of H-pyrrole nitrogens is 1. The molecule has 0 spiro atoms. The Morgan fingerprint density at radius 2 is 2.28 bits per heavy atom. The van der Waals surface area contributed by atoms with Gasteiger partial charge in [0.1, 0.15) is 6.33 Å². The highest BCUT2D eigenvalue weighted by Crippen LogP contribution is 2.09. The summed E-state index contributed by atoms with van der Waals surface area (Å²) >= 11 is 1.18. The SMILES string of the molecule is CC(C)CCNC(=O)NC(=O)CSc1ncn[nH]1. The molecule has 0 atom stereocenters. The average Bonchev–Trinajstić information content (AvgIpc) is 2.78. The van der Waals surface area contributed by atoms with Crippen molar-refractivity contribution in [2.24, 2.45) is 5.92 Å². The van der Waals surface area contributed by atoms with E-state index in [-0.39, 0.29) is 11.7 Å². The Hall–Kier alpha value is -1.57. The second-order valence-electron chi connectivity index (χ2n) is 4.07. The number of nitrogens with one attached hydrogen (secondary N) is 3. The van der Waals surface area contributed by atoms with Crippen LogP contribution in [-0.4, -0.2) is 39.4 Å². The first-order valence-electron chi connectivity index (χ1n) is 5.63. The molecule has 1 heterocycles. The predicted molar refractivity (Wildman–Crippen MR) is 68.1 cm³/mol. The molecule has 1 rings (SSSR count). The summed E-state index contributed by atoms with van der Waals surface area (Å²) < 4.78 is 0. The molecule has 0 bridgehead atoms. The molecule has 0 aliphatic heterocycles. The Bertz CT molecular complexity index is 380. The molecule has 7 nitrogen and oxygen atoms in total. The van der Waals surface area contributed by atoms with Crippen LogP contribution in [0.3, 0.4) is 0 Å². The number of carbonyl (C=O) groups is 2. The van der Waals surface area contributed by atoms with Gasteiger partial charge < -0.3 is 5.32 Å². The molecule has 1 aromatic rings. The van der Waals surface area contributed by atoms with E-state index in [0.717, 1.165) is 6.42 Å². The van der Waals surface area contributed by atoms with Gasteiger partial charge in [-0.2, -0.15) is 5.10 Å². The van der Waals surface area contributed by atoms with E-state index >= 15 is 0 Å². The number of imide groups is 1. The number of carbonyl (C=O) groups excluding carboxylic acids is 2. The molecule has 3 N–H and O–H groups in total. The molecule has 0 unspecified atom stereocenters. The zero-order valence-corrected chi connectivity index (χ0v) is 11.2. The lowest BCUT2D eigenvalue weighted by atomic mass is 10.1. The largest absolute Gasteiger partial charge is 0.338 e. The first-order valence-corrected chi connectivity index (χ1v) is 6.62. The summed E-state index contributed by atoms with van der Waals surface area (Å²) in [6.45, 7) is 4.70. The highest BCUT2D eigenvalue weighted by Gasteiger charge is 2.08. The number of nitrogens with zero attached hydrogens (tertiary/aromatic N) is 2. The normalized spacial score (nSPS) is 10.4. The molecule has 0 saturated heterocycles. The van der Waals surface area contributed by atoms with Crippen LogP contribution in [0.1, 0.15) is 20.3 Å². The zero-order valence-electron chi connectivity index (χ0n) is 10.4. The molecule has 0 saturated carbocycles. The lowest BCUT2D eigenvalue weighted by Gasteiger charge is -2.07. The van der Waals surface area contributed by atoms with E-state index in [4.69, 9.17) is 0 Å². The fourth-order valence-electron chi connectivity index (χ4n) is 1.08. The van der Waals surface area contributed by atoms with Gasteiger partial charge in [0.05, 0.1) is 5.75 Å². The topological polar surface area (TPSA) is 99.8 Å². The average molecular weight is 271 g/mol. The van der Waals surface area contributed by atoms with Crippen molar-refractivity contribution < 1.29 is 9.59 Å². The first-order chi connectivity index (χ1) is 8.58. The summed E-state index contributed by atoms with van der Waals surface area (Å²) in [6.07, 6.45) is 2.24. The van der Waals surface area contributed by atoms with Crippen LogP contribution in [0.25, 0.3) is 0 Å². The number of hydrogen-bond acceptors (Lipinski definition) is 5. The fraction of sp³-hybridized carbons (Fsp3) is 0.600. The van der Waals surface area contributed by atoms with Gasteiger partial charge >= 0.3 is 6.03 Å². The first kappa shape index (κ1) is 14.5. The Kier molecular flexibility index (Phi) is 6.20. The summed E-state index contributed by atoms with van der Waals surface area (Å²) in [5.74, 6) is 0.272. The minimum absolute atomic E-state index is 0.118. The van der Waals surface area contributed by atoms with Crippen LogP contribution in [-0.2, 0) is 4.79 Å². The monoisotopic (exact) mass is 271 g/mol. The summed E-state index contributed by atoms with van der Waals surface area (Å²) in [5, 5.41) is 11.7. The van der Waals surface area contributed by atoms with E-state index in [1.165, 1.54) is 18.1 Å². The van der Waals surface area contributed by atoms with Crippen LogP contribution < -0.4 is 10.6 Å². The van der Waals surface area contributed by atoms with Crippen molar-refractivity contribution in [3.63, 3.8) is 0 Å². The number of urea groups is 1. The zero-order chi connectivity index (χ0) is 13.4. The van der Waals surface area contributed by atoms with Gasteiger partial charge in [-0.25, -0.2) is 9.78 Å². The maximum Gasteiger partial charge on any atom is 0.321 e. The predicted octanol–water partition coefficient (Wildman–Crippen LogP) is 0.769. The van der Waals surface area contributed by atoms with Gasteiger partial charge in [0.25, 0.3) is 0 Å². The highest BCUT2D eigenvalue weighted by molar-refractivity contribution is 7.99. The minimum atomic E-state index is -0.459. The summed E-state index contributed by atoms with van der Waals surface area (Å²) in [4.78, 5) is 26.6. The molecule has 0 aliphatic rings. The van der Waals surface area contributed by atoms with E-state index in [1.54, 1.807) is 0 Å². The van der Waals surface area contributed by atoms with Crippen molar-refractivity contribution in [3.8, 4) is 0 Å². The van der Waals surface area contributed by atoms with E-state index < -0.39 is 6.03 Å². The van der Waals surface area contributed by atoms with Gasteiger partial charge in [0, 0.05) is 6.54 Å². The second kappa shape index (κ2) is 7.70. The van der Waals surface area contributed by atoms with Gasteiger partial charge in [-0.05, 0) is 12.3 Å². The Morgan fingerprint density at radius 3 is 2.89 bits per heavy atom. The van der Waals surface area contributed by atoms with E-state index in [0.29, 0.717) is 17.6 Å². The quantitative estimate of drug-likeness (QED) is 0.664. The standard InChI is InChI=1S/C10H17N5O2S/c1-7(2)3-4-11-9(17)14-8(16)5-18-10-12-6-13-15-10/h6-7H,3-5H2,1-2H3,(H,12,13,15)(H2,11,14,16,17). The van der Waals surface area contributed by atoms with Crippen LogP contribution >= 0.6 is 11.8 Å². The molecular formula is C10H17N5O2S. The number of rotatable bonds is 6. The van der Waals surface area contributed by atoms with Crippen molar-refractivity contribution in [3.05, 3.63) is 6.33 Å². The lowest BCUT2D eigenvalue weighted by Crippen LogP contribution is -2.40.